The minimum absolute atomic E-state index is 0.352. The fourth-order valence-corrected chi connectivity index (χ4v) is 2.03. The fraction of sp³-hybridized carbons (Fsp3) is 1.00. The van der Waals surface area contributed by atoms with E-state index >= 15 is 0 Å². The minimum atomic E-state index is 0.352. The molecule has 0 amide bonds. The van der Waals surface area contributed by atoms with E-state index in [-0.39, 0.29) is 0 Å². The molecule has 0 radical (unpaired) electrons. The van der Waals surface area contributed by atoms with Gasteiger partial charge in [0.25, 0.3) is 0 Å². The number of nitrogens with two attached hydrogens (primary N) is 1. The fourth-order valence-electron chi connectivity index (χ4n) is 2.03. The summed E-state index contributed by atoms with van der Waals surface area (Å²) < 4.78 is 5.35. The second-order valence-corrected chi connectivity index (χ2v) is 4.97. The molecular formula is C12H26N2O. The number of likely N-dealkylation sites (tertiary alicyclic amines) is 1. The van der Waals surface area contributed by atoms with Gasteiger partial charge in [-0.3, -0.25) is 0 Å². The van der Waals surface area contributed by atoms with Crippen molar-refractivity contribution in [3.8, 4) is 0 Å². The SMILES string of the molecule is COC1CCN(CCC(N)C(C)C)CC1. The molecule has 15 heavy (non-hydrogen) atoms. The maximum absolute atomic E-state index is 6.04. The van der Waals surface area contributed by atoms with Crippen LogP contribution in [-0.2, 0) is 4.74 Å². The Morgan fingerprint density at radius 3 is 2.40 bits per heavy atom. The van der Waals surface area contributed by atoms with E-state index < -0.39 is 0 Å². The molecule has 0 aromatic carbocycles. The van der Waals surface area contributed by atoms with Crippen molar-refractivity contribution in [2.45, 2.75) is 45.3 Å². The number of hydrogen-bond donors (Lipinski definition) is 1. The third-order valence-electron chi connectivity index (χ3n) is 3.50. The number of methoxy groups -OCH3 is 1. The van der Waals surface area contributed by atoms with Crippen molar-refractivity contribution in [3.05, 3.63) is 0 Å². The van der Waals surface area contributed by atoms with Gasteiger partial charge in [-0.2, -0.15) is 0 Å². The zero-order chi connectivity index (χ0) is 11.3. The van der Waals surface area contributed by atoms with Crippen LogP contribution in [0.25, 0.3) is 0 Å². The molecule has 3 nitrogen and oxygen atoms in total. The molecule has 0 aliphatic carbocycles. The van der Waals surface area contributed by atoms with Crippen LogP contribution >= 0.6 is 0 Å². The van der Waals surface area contributed by atoms with Crippen molar-refractivity contribution in [2.75, 3.05) is 26.7 Å². The summed E-state index contributed by atoms with van der Waals surface area (Å²) in [6.07, 6.45) is 3.95. The predicted molar refractivity (Wildman–Crippen MR) is 63.9 cm³/mol. The molecule has 0 saturated carbocycles. The van der Waals surface area contributed by atoms with Gasteiger partial charge in [0.1, 0.15) is 0 Å². The predicted octanol–water partition coefficient (Wildman–Crippen LogP) is 1.47. The maximum atomic E-state index is 6.04. The summed E-state index contributed by atoms with van der Waals surface area (Å²) in [5.74, 6) is 0.599. The average Bonchev–Trinajstić information content (AvgIpc) is 2.26. The smallest absolute Gasteiger partial charge is 0.0595 e. The first-order valence-corrected chi connectivity index (χ1v) is 6.14. The highest BCUT2D eigenvalue weighted by molar-refractivity contribution is 4.74. The molecule has 1 atom stereocenters. The zero-order valence-corrected chi connectivity index (χ0v) is 10.4. The van der Waals surface area contributed by atoms with Crippen molar-refractivity contribution in [3.63, 3.8) is 0 Å². The highest BCUT2D eigenvalue weighted by Gasteiger charge is 2.19. The van der Waals surface area contributed by atoms with E-state index in [0.717, 1.165) is 13.0 Å². The number of piperidine rings is 1. The molecule has 1 heterocycles. The molecule has 2 N–H and O–H groups in total. The Hall–Kier alpha value is -0.120. The van der Waals surface area contributed by atoms with E-state index in [1.54, 1.807) is 0 Å². The summed E-state index contributed by atoms with van der Waals surface area (Å²) in [5, 5.41) is 0. The highest BCUT2D eigenvalue weighted by Crippen LogP contribution is 2.14. The van der Waals surface area contributed by atoms with Gasteiger partial charge in [0, 0.05) is 26.2 Å². The number of rotatable bonds is 5. The van der Waals surface area contributed by atoms with Crippen molar-refractivity contribution in [2.24, 2.45) is 11.7 Å². The first-order valence-electron chi connectivity index (χ1n) is 6.14. The third-order valence-corrected chi connectivity index (χ3v) is 3.50. The summed E-state index contributed by atoms with van der Waals surface area (Å²) in [6, 6.07) is 0.352. The van der Waals surface area contributed by atoms with Gasteiger partial charge in [0.2, 0.25) is 0 Å². The summed E-state index contributed by atoms with van der Waals surface area (Å²) in [5.41, 5.74) is 6.04. The average molecular weight is 214 g/mol. The molecule has 0 aromatic heterocycles. The Morgan fingerprint density at radius 2 is 1.93 bits per heavy atom. The van der Waals surface area contributed by atoms with Crippen molar-refractivity contribution < 1.29 is 4.74 Å². The van der Waals surface area contributed by atoms with E-state index in [2.05, 4.69) is 18.7 Å². The molecule has 3 heteroatoms. The summed E-state index contributed by atoms with van der Waals surface area (Å²) in [7, 11) is 1.81. The van der Waals surface area contributed by atoms with Crippen LogP contribution in [0, 0.1) is 5.92 Å². The van der Waals surface area contributed by atoms with Gasteiger partial charge in [0.15, 0.2) is 0 Å². The lowest BCUT2D eigenvalue weighted by Crippen LogP contribution is -2.39. The van der Waals surface area contributed by atoms with Crippen LogP contribution in [0.15, 0.2) is 0 Å². The monoisotopic (exact) mass is 214 g/mol. The van der Waals surface area contributed by atoms with Crippen molar-refractivity contribution >= 4 is 0 Å². The summed E-state index contributed by atoms with van der Waals surface area (Å²) in [4.78, 5) is 2.51. The Kier molecular flexibility index (Phi) is 5.58. The van der Waals surface area contributed by atoms with E-state index in [4.69, 9.17) is 10.5 Å². The lowest BCUT2D eigenvalue weighted by atomic mass is 10.0. The first-order chi connectivity index (χ1) is 7.13. The Balaban J connectivity index is 2.13. The minimum Gasteiger partial charge on any atom is -0.381 e. The number of hydrogen-bond acceptors (Lipinski definition) is 3. The van der Waals surface area contributed by atoms with Crippen molar-refractivity contribution in [1.82, 2.24) is 4.90 Å². The molecule has 1 rings (SSSR count). The van der Waals surface area contributed by atoms with Gasteiger partial charge in [-0.15, -0.1) is 0 Å². The standard InChI is InChI=1S/C12H26N2O/c1-10(2)12(13)6-9-14-7-4-11(15-3)5-8-14/h10-12H,4-9,13H2,1-3H3. The van der Waals surface area contributed by atoms with Crippen LogP contribution in [0.4, 0.5) is 0 Å². The molecule has 1 fully saturated rings. The van der Waals surface area contributed by atoms with Crippen LogP contribution in [0.2, 0.25) is 0 Å². The van der Waals surface area contributed by atoms with Gasteiger partial charge >= 0.3 is 0 Å². The Labute approximate surface area is 94.0 Å². The maximum Gasteiger partial charge on any atom is 0.0595 e. The lowest BCUT2D eigenvalue weighted by molar-refractivity contribution is 0.0400. The quantitative estimate of drug-likeness (QED) is 0.753. The Bertz CT molecular complexity index is 165. The topological polar surface area (TPSA) is 38.5 Å². The second kappa shape index (κ2) is 6.46. The molecule has 90 valence electrons. The van der Waals surface area contributed by atoms with E-state index in [1.165, 1.54) is 25.9 Å². The molecule has 0 aromatic rings. The molecule has 1 aliphatic heterocycles. The van der Waals surface area contributed by atoms with Crippen LogP contribution < -0.4 is 5.73 Å². The van der Waals surface area contributed by atoms with Crippen LogP contribution in [0.3, 0.4) is 0 Å². The lowest BCUT2D eigenvalue weighted by Gasteiger charge is -2.32. The van der Waals surface area contributed by atoms with Gasteiger partial charge in [0.05, 0.1) is 6.10 Å². The van der Waals surface area contributed by atoms with Crippen molar-refractivity contribution in [1.29, 1.82) is 0 Å². The van der Waals surface area contributed by atoms with Gasteiger partial charge in [-0.25, -0.2) is 0 Å². The molecule has 0 spiro atoms. The largest absolute Gasteiger partial charge is 0.381 e. The van der Waals surface area contributed by atoms with Crippen LogP contribution in [0.5, 0.6) is 0 Å². The summed E-state index contributed by atoms with van der Waals surface area (Å²) in [6.45, 7) is 7.88. The first kappa shape index (κ1) is 12.9. The van der Waals surface area contributed by atoms with E-state index in [9.17, 15) is 0 Å². The number of ether oxygens (including phenoxy) is 1. The molecule has 1 aliphatic rings. The Morgan fingerprint density at radius 1 is 1.33 bits per heavy atom. The van der Waals surface area contributed by atoms with E-state index in [1.807, 2.05) is 7.11 Å². The zero-order valence-electron chi connectivity index (χ0n) is 10.4. The van der Waals surface area contributed by atoms with Gasteiger partial charge in [-0.1, -0.05) is 13.8 Å². The third kappa shape index (κ3) is 4.49. The highest BCUT2D eigenvalue weighted by atomic mass is 16.5. The van der Waals surface area contributed by atoms with Gasteiger partial charge in [-0.05, 0) is 31.7 Å². The second-order valence-electron chi connectivity index (χ2n) is 4.97. The van der Waals surface area contributed by atoms with Gasteiger partial charge < -0.3 is 15.4 Å². The normalized spacial score (nSPS) is 22.2. The van der Waals surface area contributed by atoms with Crippen LogP contribution in [0.1, 0.15) is 33.1 Å². The molecule has 1 unspecified atom stereocenters. The molecule has 0 bridgehead atoms. The van der Waals surface area contributed by atoms with Crippen LogP contribution in [-0.4, -0.2) is 43.8 Å². The number of nitrogens with zero attached hydrogens (tertiary/aromatic N) is 1. The van der Waals surface area contributed by atoms with E-state index in [0.29, 0.717) is 18.1 Å². The summed E-state index contributed by atoms with van der Waals surface area (Å²) >= 11 is 0. The molecule has 1 saturated heterocycles. The molecular weight excluding hydrogens is 188 g/mol.